The van der Waals surface area contributed by atoms with Gasteiger partial charge in [0, 0.05) is 37.7 Å². The molecule has 1 aromatic rings. The van der Waals surface area contributed by atoms with Crippen LogP contribution < -0.4 is 0 Å². The molecular weight excluding hydrogens is 214 g/mol. The van der Waals surface area contributed by atoms with E-state index < -0.39 is 44.2 Å². The zero-order chi connectivity index (χ0) is 19.4. The van der Waals surface area contributed by atoms with Crippen LogP contribution in [0, 0.1) is 6.85 Å². The number of rotatable bonds is 0. The molecule has 0 bridgehead atoms. The molecule has 12 heavy (non-hydrogen) atoms. The summed E-state index contributed by atoms with van der Waals surface area (Å²) in [5.74, 6) is 0. The van der Waals surface area contributed by atoms with Crippen LogP contribution in [0.4, 0.5) is 0 Å². The van der Waals surface area contributed by atoms with Crippen LogP contribution in [0.5, 0.6) is 0 Å². The van der Waals surface area contributed by atoms with Crippen molar-refractivity contribution in [3.05, 3.63) is 28.0 Å². The number of pyridine rings is 1. The first-order valence-electron chi connectivity index (χ1n) is 9.04. The average molecular weight is 240 g/mol. The second-order valence-electron chi connectivity index (χ2n) is 2.31. The summed E-state index contributed by atoms with van der Waals surface area (Å²) >= 11 is 2.96. The van der Waals surface area contributed by atoms with Crippen LogP contribution in [-0.2, 0) is 5.41 Å². The minimum atomic E-state index is -3.50. The van der Waals surface area contributed by atoms with Gasteiger partial charge < -0.3 is 0 Å². The predicted molar refractivity (Wildman–Crippen MR) is 55.4 cm³/mol. The molecule has 0 aliphatic heterocycles. The summed E-state index contributed by atoms with van der Waals surface area (Å²) in [4.78, 5) is 3.60. The van der Waals surface area contributed by atoms with Crippen molar-refractivity contribution in [3.8, 4) is 0 Å². The minimum Gasteiger partial charge on any atom is -0.258 e. The molecule has 0 saturated heterocycles. The van der Waals surface area contributed by atoms with Crippen molar-refractivity contribution in [2.24, 2.45) is 0 Å². The van der Waals surface area contributed by atoms with Crippen molar-refractivity contribution in [1.82, 2.24) is 4.98 Å². The fourth-order valence-electron chi connectivity index (χ4n) is 0.689. The van der Waals surface area contributed by atoms with E-state index in [1.54, 1.807) is 0 Å². The lowest BCUT2D eigenvalue weighted by Gasteiger charge is -2.18. The molecule has 0 radical (unpaired) electrons. The Bertz CT molecular complexity index is 572. The van der Waals surface area contributed by atoms with E-state index in [0.29, 0.717) is 0 Å². The molecule has 0 unspecified atom stereocenters. The Kier molecular flexibility index (Phi) is 0.622. The number of hydrogen-bond acceptors (Lipinski definition) is 1. The van der Waals surface area contributed by atoms with Crippen molar-refractivity contribution >= 4 is 15.9 Å². The zero-order valence-corrected chi connectivity index (χ0v) is 7.57. The fourth-order valence-corrected chi connectivity index (χ4v) is 1.12. The summed E-state index contributed by atoms with van der Waals surface area (Å²) in [6.07, 6.45) is 0. The maximum absolute atomic E-state index is 7.60. The number of nitrogens with zero attached hydrogens (tertiary/aromatic N) is 1. The first-order valence-corrected chi connectivity index (χ1v) is 3.83. The Morgan fingerprint density at radius 3 is 2.75 bits per heavy atom. The molecule has 1 aromatic heterocycles. The van der Waals surface area contributed by atoms with Crippen LogP contribution in [0.15, 0.2) is 16.6 Å². The Morgan fingerprint density at radius 1 is 1.42 bits per heavy atom. The van der Waals surface area contributed by atoms with E-state index in [0.717, 1.165) is 12.1 Å². The summed E-state index contributed by atoms with van der Waals surface area (Å²) in [6, 6.07) is 1.97. The molecule has 0 spiro atoms. The summed E-state index contributed by atoms with van der Waals surface area (Å²) in [7, 11) is 0. The van der Waals surface area contributed by atoms with Gasteiger partial charge in [0.2, 0.25) is 0 Å². The first-order chi connectivity index (χ1) is 10.4. The quantitative estimate of drug-likeness (QED) is 0.676. The lowest BCUT2D eigenvalue weighted by Crippen LogP contribution is -2.13. The lowest BCUT2D eigenvalue weighted by atomic mass is 9.91. The highest BCUT2D eigenvalue weighted by Gasteiger charge is 2.15. The first kappa shape index (κ1) is 2.35. The Balaban J connectivity index is 3.99. The van der Waals surface area contributed by atoms with Gasteiger partial charge in [-0.2, -0.15) is 0 Å². The van der Waals surface area contributed by atoms with Crippen LogP contribution in [0.25, 0.3) is 0 Å². The van der Waals surface area contributed by atoms with Crippen molar-refractivity contribution in [1.29, 1.82) is 0 Å². The molecule has 0 N–H and O–H groups in total. The van der Waals surface area contributed by atoms with Gasteiger partial charge in [0.15, 0.2) is 0 Å². The van der Waals surface area contributed by atoms with Crippen LogP contribution in [0.3, 0.4) is 0 Å². The maximum Gasteiger partial charge on any atom is 0.0471 e. The largest absolute Gasteiger partial charge is 0.258 e. The van der Waals surface area contributed by atoms with E-state index in [9.17, 15) is 0 Å². The van der Waals surface area contributed by atoms with Gasteiger partial charge in [-0.15, -0.1) is 0 Å². The highest BCUT2D eigenvalue weighted by atomic mass is 79.9. The standard InChI is InChI=1S/C10H14BrN/c1-7-5-8(11)6-9(12-7)10(2,3)4/h5-6H,1-4H3/i1D3,2D3,3D3,4D3. The number of hydrogen-bond donors (Lipinski definition) is 0. The van der Waals surface area contributed by atoms with Gasteiger partial charge in [-0.25, -0.2) is 0 Å². The number of aromatic nitrogens is 1. The normalized spacial score (nSPS) is 30.8. The summed E-state index contributed by atoms with van der Waals surface area (Å²) in [5, 5.41) is 0. The van der Waals surface area contributed by atoms with Gasteiger partial charge in [-0.1, -0.05) is 36.5 Å². The summed E-state index contributed by atoms with van der Waals surface area (Å²) in [5.41, 5.74) is -4.78. The summed E-state index contributed by atoms with van der Waals surface area (Å²) < 4.78 is 90.5. The second-order valence-corrected chi connectivity index (χ2v) is 3.22. The van der Waals surface area contributed by atoms with Crippen molar-refractivity contribution in [2.45, 2.75) is 32.8 Å². The zero-order valence-electron chi connectivity index (χ0n) is 18.0. The van der Waals surface area contributed by atoms with E-state index in [4.69, 9.17) is 16.4 Å². The molecule has 1 nitrogen and oxygen atoms in total. The Hall–Kier alpha value is -0.370. The third kappa shape index (κ3) is 2.31. The van der Waals surface area contributed by atoms with Crippen molar-refractivity contribution in [2.75, 3.05) is 0 Å². The van der Waals surface area contributed by atoms with Crippen LogP contribution in [-0.4, -0.2) is 4.98 Å². The smallest absolute Gasteiger partial charge is 0.0471 e. The van der Waals surface area contributed by atoms with Gasteiger partial charge in [0.05, 0.1) is 0 Å². The van der Waals surface area contributed by atoms with Gasteiger partial charge in [0.1, 0.15) is 0 Å². The maximum atomic E-state index is 7.60. The molecule has 0 aliphatic carbocycles. The topological polar surface area (TPSA) is 12.9 Å². The van der Waals surface area contributed by atoms with E-state index in [1.165, 1.54) is 0 Å². The minimum absolute atomic E-state index is 0.0146. The fraction of sp³-hybridized carbons (Fsp3) is 0.500. The lowest BCUT2D eigenvalue weighted by molar-refractivity contribution is 0.566. The molecule has 0 aliphatic rings. The molecule has 2 heteroatoms. The van der Waals surface area contributed by atoms with Crippen LogP contribution in [0.1, 0.15) is 48.4 Å². The number of aryl methyl sites for hydroxylation is 1. The highest BCUT2D eigenvalue weighted by Crippen LogP contribution is 2.23. The van der Waals surface area contributed by atoms with E-state index >= 15 is 0 Å². The van der Waals surface area contributed by atoms with Crippen molar-refractivity contribution in [3.63, 3.8) is 0 Å². The molecule has 1 rings (SSSR count). The summed E-state index contributed by atoms with van der Waals surface area (Å²) in [6.45, 7) is -13.3. The van der Waals surface area contributed by atoms with Crippen LogP contribution >= 0.6 is 15.9 Å². The van der Waals surface area contributed by atoms with E-state index in [2.05, 4.69) is 20.9 Å². The van der Waals surface area contributed by atoms with E-state index in [-0.39, 0.29) is 4.47 Å². The molecule has 1 heterocycles. The number of halogens is 1. The average Bonchev–Trinajstić information content (AvgIpc) is 2.20. The van der Waals surface area contributed by atoms with E-state index in [1.807, 2.05) is 0 Å². The van der Waals surface area contributed by atoms with Gasteiger partial charge in [0.25, 0.3) is 0 Å². The molecule has 0 fully saturated rings. The monoisotopic (exact) mass is 239 g/mol. The molecular formula is C10H14BrN. The molecule has 0 saturated carbocycles. The highest BCUT2D eigenvalue weighted by molar-refractivity contribution is 9.10. The Labute approximate surface area is 99.2 Å². The van der Waals surface area contributed by atoms with Gasteiger partial charge in [-0.05, 0) is 19.0 Å². The molecule has 0 amide bonds. The van der Waals surface area contributed by atoms with Crippen LogP contribution in [0.2, 0.25) is 0 Å². The SMILES string of the molecule is [2H]C([2H])([2H])c1cc(Br)cc(C(C([2H])([2H])[2H])(C([2H])([2H])[2H])C([2H])([2H])[2H])n1. The second kappa shape index (κ2) is 3.17. The third-order valence-corrected chi connectivity index (χ3v) is 1.63. The third-order valence-electron chi connectivity index (χ3n) is 1.17. The predicted octanol–water partition coefficient (Wildman–Crippen LogP) is 3.45. The molecule has 66 valence electrons. The Morgan fingerprint density at radius 2 is 2.17 bits per heavy atom. The van der Waals surface area contributed by atoms with Gasteiger partial charge >= 0.3 is 0 Å². The molecule has 0 atom stereocenters. The van der Waals surface area contributed by atoms with Gasteiger partial charge in [-0.3, -0.25) is 4.98 Å². The molecule has 0 aromatic carbocycles. The van der Waals surface area contributed by atoms with Crippen molar-refractivity contribution < 1.29 is 16.4 Å².